The van der Waals surface area contributed by atoms with Crippen molar-refractivity contribution >= 4 is 22.9 Å². The maximum Gasteiger partial charge on any atom is 0.407 e. The predicted molar refractivity (Wildman–Crippen MR) is 112 cm³/mol. The van der Waals surface area contributed by atoms with Crippen molar-refractivity contribution in [1.29, 1.82) is 0 Å². The standard InChI is InChI=1S/C22H26N4O3/c1-14(11-24-21(28)29-22(3,4)5)17-6-8-19(23-12-17)16-7-9-20-18(10-16)13-25-26(20)15(2)27/h6-10,12-14H,11H2,1-5H3,(H,24,28). The zero-order chi connectivity index (χ0) is 21.2. The van der Waals surface area contributed by atoms with Gasteiger partial charge < -0.3 is 10.1 Å². The van der Waals surface area contributed by atoms with Crippen molar-refractivity contribution in [2.45, 2.75) is 46.1 Å². The Morgan fingerprint density at radius 2 is 1.93 bits per heavy atom. The molecule has 1 aromatic carbocycles. The second-order valence-electron chi connectivity index (χ2n) is 8.11. The highest BCUT2D eigenvalue weighted by Gasteiger charge is 2.17. The number of ether oxygens (including phenoxy) is 1. The van der Waals surface area contributed by atoms with E-state index in [2.05, 4.69) is 15.4 Å². The molecule has 1 atom stereocenters. The van der Waals surface area contributed by atoms with Gasteiger partial charge in [-0.3, -0.25) is 9.78 Å². The first-order chi connectivity index (χ1) is 13.6. The topological polar surface area (TPSA) is 86.1 Å². The minimum absolute atomic E-state index is 0.0975. The Morgan fingerprint density at radius 1 is 1.17 bits per heavy atom. The van der Waals surface area contributed by atoms with Gasteiger partial charge in [-0.15, -0.1) is 0 Å². The van der Waals surface area contributed by atoms with Gasteiger partial charge in [-0.2, -0.15) is 5.10 Å². The highest BCUT2D eigenvalue weighted by molar-refractivity contribution is 5.91. The van der Waals surface area contributed by atoms with Crippen LogP contribution in [-0.2, 0) is 4.74 Å². The van der Waals surface area contributed by atoms with Crippen LogP contribution in [0.1, 0.15) is 50.9 Å². The first-order valence-electron chi connectivity index (χ1n) is 9.56. The molecule has 29 heavy (non-hydrogen) atoms. The SMILES string of the molecule is CC(=O)n1ncc2cc(-c3ccc(C(C)CNC(=O)OC(C)(C)C)cn3)ccc21. The molecule has 2 aromatic heterocycles. The van der Waals surface area contributed by atoms with Crippen LogP contribution in [0.15, 0.2) is 42.7 Å². The number of hydrogen-bond acceptors (Lipinski definition) is 5. The molecule has 3 rings (SSSR count). The maximum absolute atomic E-state index is 11.8. The fraction of sp³-hybridized carbons (Fsp3) is 0.364. The van der Waals surface area contributed by atoms with Gasteiger partial charge in [-0.05, 0) is 44.5 Å². The molecule has 0 aliphatic heterocycles. The Kier molecular flexibility index (Phi) is 5.68. The molecule has 7 nitrogen and oxygen atoms in total. The third-order valence-corrected chi connectivity index (χ3v) is 4.47. The van der Waals surface area contributed by atoms with Crippen molar-refractivity contribution in [2.75, 3.05) is 6.54 Å². The Bertz CT molecular complexity index is 1030. The third kappa shape index (κ3) is 4.99. The van der Waals surface area contributed by atoms with E-state index in [9.17, 15) is 9.59 Å². The molecule has 1 unspecified atom stereocenters. The number of nitrogens with one attached hydrogen (secondary N) is 1. The highest BCUT2D eigenvalue weighted by atomic mass is 16.6. The number of rotatable bonds is 4. The fourth-order valence-electron chi connectivity index (χ4n) is 2.98. The average molecular weight is 394 g/mol. The van der Waals surface area contributed by atoms with Crippen molar-refractivity contribution in [2.24, 2.45) is 0 Å². The molecule has 1 N–H and O–H groups in total. The smallest absolute Gasteiger partial charge is 0.407 e. The Hall–Kier alpha value is -3.22. The number of nitrogens with zero attached hydrogens (tertiary/aromatic N) is 3. The summed E-state index contributed by atoms with van der Waals surface area (Å²) in [5.41, 5.74) is 3.07. The summed E-state index contributed by atoms with van der Waals surface area (Å²) in [6.45, 7) is 9.48. The predicted octanol–water partition coefficient (Wildman–Crippen LogP) is 4.39. The molecule has 0 bridgehead atoms. The monoisotopic (exact) mass is 394 g/mol. The summed E-state index contributed by atoms with van der Waals surface area (Å²) in [5, 5.41) is 7.80. The van der Waals surface area contributed by atoms with Crippen LogP contribution in [0.3, 0.4) is 0 Å². The lowest BCUT2D eigenvalue weighted by atomic mass is 10.0. The maximum atomic E-state index is 11.8. The molecule has 0 spiro atoms. The zero-order valence-electron chi connectivity index (χ0n) is 17.4. The number of amides is 1. The number of benzene rings is 1. The lowest BCUT2D eigenvalue weighted by Crippen LogP contribution is -2.34. The normalized spacial score (nSPS) is 12.6. The molecule has 0 fully saturated rings. The molecule has 7 heteroatoms. The van der Waals surface area contributed by atoms with E-state index in [4.69, 9.17) is 4.74 Å². The first-order valence-corrected chi connectivity index (χ1v) is 9.56. The summed E-state index contributed by atoms with van der Waals surface area (Å²) in [7, 11) is 0. The van der Waals surface area contributed by atoms with Gasteiger partial charge in [0.1, 0.15) is 5.60 Å². The molecule has 152 valence electrons. The molecule has 0 aliphatic rings. The van der Waals surface area contributed by atoms with E-state index in [1.165, 1.54) is 11.6 Å². The van der Waals surface area contributed by atoms with Gasteiger partial charge in [0.15, 0.2) is 0 Å². The molecule has 0 saturated carbocycles. The van der Waals surface area contributed by atoms with Crippen molar-refractivity contribution in [3.8, 4) is 11.3 Å². The van der Waals surface area contributed by atoms with Gasteiger partial charge in [-0.25, -0.2) is 9.48 Å². The number of carbonyl (C=O) groups excluding carboxylic acids is 2. The van der Waals surface area contributed by atoms with Crippen LogP contribution in [0.2, 0.25) is 0 Å². The van der Waals surface area contributed by atoms with E-state index in [1.54, 1.807) is 6.20 Å². The lowest BCUT2D eigenvalue weighted by molar-refractivity contribution is 0.0525. The lowest BCUT2D eigenvalue weighted by Gasteiger charge is -2.21. The number of pyridine rings is 1. The van der Waals surface area contributed by atoms with E-state index >= 15 is 0 Å². The van der Waals surface area contributed by atoms with Gasteiger partial charge in [0.05, 0.1) is 17.4 Å². The van der Waals surface area contributed by atoms with Gasteiger partial charge in [-0.1, -0.05) is 19.1 Å². The van der Waals surface area contributed by atoms with Crippen LogP contribution in [-0.4, -0.2) is 38.9 Å². The average Bonchev–Trinajstić information content (AvgIpc) is 3.08. The third-order valence-electron chi connectivity index (χ3n) is 4.47. The second kappa shape index (κ2) is 8.03. The largest absolute Gasteiger partial charge is 0.444 e. The molecule has 1 amide bonds. The van der Waals surface area contributed by atoms with Gasteiger partial charge in [0.2, 0.25) is 5.91 Å². The van der Waals surface area contributed by atoms with Crippen LogP contribution in [0.5, 0.6) is 0 Å². The van der Waals surface area contributed by atoms with Crippen LogP contribution < -0.4 is 5.32 Å². The number of alkyl carbamates (subject to hydrolysis) is 1. The van der Waals surface area contributed by atoms with Crippen LogP contribution >= 0.6 is 0 Å². The minimum atomic E-state index is -0.515. The van der Waals surface area contributed by atoms with E-state index in [1.807, 2.05) is 64.2 Å². The van der Waals surface area contributed by atoms with Crippen molar-refractivity contribution in [1.82, 2.24) is 20.1 Å². The van der Waals surface area contributed by atoms with Crippen molar-refractivity contribution in [3.63, 3.8) is 0 Å². The molecular weight excluding hydrogens is 368 g/mol. The van der Waals surface area contributed by atoms with Crippen LogP contribution in [0.4, 0.5) is 4.79 Å². The van der Waals surface area contributed by atoms with Crippen LogP contribution in [0.25, 0.3) is 22.2 Å². The number of fused-ring (bicyclic) bond motifs is 1. The Labute approximate surface area is 170 Å². The molecule has 0 radical (unpaired) electrons. The van der Waals surface area contributed by atoms with E-state index in [-0.39, 0.29) is 11.8 Å². The summed E-state index contributed by atoms with van der Waals surface area (Å²) in [5.74, 6) is -0.0236. The molecule has 0 saturated heterocycles. The molecule has 2 heterocycles. The quantitative estimate of drug-likeness (QED) is 0.709. The molecular formula is C22H26N4O3. The van der Waals surface area contributed by atoms with E-state index in [0.29, 0.717) is 6.54 Å². The van der Waals surface area contributed by atoms with Crippen molar-refractivity contribution < 1.29 is 14.3 Å². The Balaban J connectivity index is 1.69. The Morgan fingerprint density at radius 3 is 2.55 bits per heavy atom. The minimum Gasteiger partial charge on any atom is -0.444 e. The van der Waals surface area contributed by atoms with Gasteiger partial charge in [0, 0.05) is 36.5 Å². The van der Waals surface area contributed by atoms with E-state index < -0.39 is 11.7 Å². The molecule has 3 aromatic rings. The van der Waals surface area contributed by atoms with Gasteiger partial charge >= 0.3 is 6.09 Å². The van der Waals surface area contributed by atoms with Crippen LogP contribution in [0, 0.1) is 0 Å². The zero-order valence-corrected chi connectivity index (χ0v) is 17.4. The highest BCUT2D eigenvalue weighted by Crippen LogP contribution is 2.24. The van der Waals surface area contributed by atoms with E-state index in [0.717, 1.165) is 27.7 Å². The number of aromatic nitrogens is 3. The summed E-state index contributed by atoms with van der Waals surface area (Å²) < 4.78 is 6.64. The van der Waals surface area contributed by atoms with Gasteiger partial charge in [0.25, 0.3) is 0 Å². The number of hydrogen-bond donors (Lipinski definition) is 1. The first kappa shape index (κ1) is 20.5. The fourth-order valence-corrected chi connectivity index (χ4v) is 2.98. The van der Waals surface area contributed by atoms with Crippen molar-refractivity contribution in [3.05, 3.63) is 48.3 Å². The summed E-state index contributed by atoms with van der Waals surface area (Å²) in [6.07, 6.45) is 3.08. The molecule has 0 aliphatic carbocycles. The number of carbonyl (C=O) groups is 2. The summed E-state index contributed by atoms with van der Waals surface area (Å²) >= 11 is 0. The summed E-state index contributed by atoms with van der Waals surface area (Å²) in [6, 6.07) is 9.74. The summed E-state index contributed by atoms with van der Waals surface area (Å²) in [4.78, 5) is 28.0. The second-order valence-corrected chi connectivity index (χ2v) is 8.11.